The summed E-state index contributed by atoms with van der Waals surface area (Å²) in [5, 5.41) is 0.929. The van der Waals surface area contributed by atoms with Crippen molar-refractivity contribution in [2.75, 3.05) is 6.54 Å². The fourth-order valence-corrected chi connectivity index (χ4v) is 4.48. The number of nitrogens with two attached hydrogens (primary N) is 1. The molecule has 2 heterocycles. The maximum absolute atomic E-state index is 13.1. The van der Waals surface area contributed by atoms with Gasteiger partial charge in [-0.1, -0.05) is 30.3 Å². The fraction of sp³-hybridized carbons (Fsp3) is 0.412. The first-order chi connectivity index (χ1) is 10.7. The van der Waals surface area contributed by atoms with Crippen molar-refractivity contribution in [3.8, 4) is 10.4 Å². The third-order valence-corrected chi connectivity index (χ3v) is 5.71. The molecule has 3 atom stereocenters. The number of carbonyl (C=O) groups excluding carboxylic acids is 1. The Morgan fingerprint density at radius 2 is 2.14 bits per heavy atom. The highest BCUT2D eigenvalue weighted by atomic mass is 32.1. The number of thiazole rings is 1. The van der Waals surface area contributed by atoms with E-state index in [-0.39, 0.29) is 11.9 Å². The van der Waals surface area contributed by atoms with Crippen molar-refractivity contribution >= 4 is 17.2 Å². The van der Waals surface area contributed by atoms with E-state index in [0.717, 1.165) is 28.3 Å². The minimum absolute atomic E-state index is 0.0589. The van der Waals surface area contributed by atoms with Crippen LogP contribution >= 0.6 is 11.3 Å². The SMILES string of the molecule is Cc1nc(C(=O)N2[C@H](CN)C[C@@H]3C[C@@H]32)c(-c2ccccc2)s1. The molecule has 1 saturated carbocycles. The highest BCUT2D eigenvalue weighted by Gasteiger charge is 2.54. The Hall–Kier alpha value is -1.72. The minimum Gasteiger partial charge on any atom is -0.330 e. The van der Waals surface area contributed by atoms with Gasteiger partial charge in [0.25, 0.3) is 5.91 Å². The monoisotopic (exact) mass is 313 g/mol. The molecule has 1 amide bonds. The number of rotatable bonds is 3. The van der Waals surface area contributed by atoms with Gasteiger partial charge in [-0.15, -0.1) is 11.3 Å². The summed E-state index contributed by atoms with van der Waals surface area (Å²) in [6, 6.07) is 10.6. The van der Waals surface area contributed by atoms with Crippen molar-refractivity contribution < 1.29 is 4.79 Å². The quantitative estimate of drug-likeness (QED) is 0.948. The average Bonchev–Trinajstić information content (AvgIpc) is 3.03. The number of carbonyl (C=O) groups is 1. The number of nitrogens with zero attached hydrogens (tertiary/aromatic N) is 2. The largest absolute Gasteiger partial charge is 0.330 e. The molecule has 1 aromatic heterocycles. The van der Waals surface area contributed by atoms with Crippen LogP contribution in [0.15, 0.2) is 30.3 Å². The van der Waals surface area contributed by atoms with Gasteiger partial charge < -0.3 is 10.6 Å². The zero-order chi connectivity index (χ0) is 15.3. The van der Waals surface area contributed by atoms with Crippen molar-refractivity contribution in [2.24, 2.45) is 11.7 Å². The summed E-state index contributed by atoms with van der Waals surface area (Å²) in [7, 11) is 0. The van der Waals surface area contributed by atoms with Crippen LogP contribution in [0.2, 0.25) is 0 Å². The van der Waals surface area contributed by atoms with Gasteiger partial charge >= 0.3 is 0 Å². The van der Waals surface area contributed by atoms with Gasteiger partial charge in [0.1, 0.15) is 5.69 Å². The molecule has 2 fully saturated rings. The van der Waals surface area contributed by atoms with E-state index in [1.807, 2.05) is 42.2 Å². The number of amides is 1. The van der Waals surface area contributed by atoms with Crippen molar-refractivity contribution in [1.82, 2.24) is 9.88 Å². The zero-order valence-corrected chi connectivity index (χ0v) is 13.3. The third-order valence-electron chi connectivity index (χ3n) is 4.69. The van der Waals surface area contributed by atoms with E-state index in [4.69, 9.17) is 5.73 Å². The van der Waals surface area contributed by atoms with Crippen molar-refractivity contribution in [2.45, 2.75) is 31.8 Å². The molecular weight excluding hydrogens is 294 g/mol. The lowest BCUT2D eigenvalue weighted by Gasteiger charge is -2.26. The van der Waals surface area contributed by atoms with E-state index in [2.05, 4.69) is 4.98 Å². The normalized spacial score (nSPS) is 26.1. The number of hydrogen-bond donors (Lipinski definition) is 1. The van der Waals surface area contributed by atoms with Crippen LogP contribution in [0.25, 0.3) is 10.4 Å². The highest BCUT2D eigenvalue weighted by molar-refractivity contribution is 7.15. The first kappa shape index (κ1) is 13.9. The molecule has 1 aromatic carbocycles. The predicted octanol–water partition coefficient (Wildman–Crippen LogP) is 2.68. The summed E-state index contributed by atoms with van der Waals surface area (Å²) in [6.45, 7) is 2.50. The van der Waals surface area contributed by atoms with Gasteiger partial charge in [-0.25, -0.2) is 4.98 Å². The van der Waals surface area contributed by atoms with Gasteiger partial charge in [0.05, 0.1) is 9.88 Å². The van der Waals surface area contributed by atoms with E-state index in [1.165, 1.54) is 0 Å². The van der Waals surface area contributed by atoms with E-state index in [1.54, 1.807) is 11.3 Å². The second kappa shape index (κ2) is 5.18. The first-order valence-corrected chi connectivity index (χ1v) is 8.56. The topological polar surface area (TPSA) is 59.2 Å². The molecule has 1 saturated heterocycles. The minimum atomic E-state index is 0.0589. The van der Waals surface area contributed by atoms with Crippen LogP contribution in [0.1, 0.15) is 28.3 Å². The van der Waals surface area contributed by atoms with Gasteiger partial charge in [-0.3, -0.25) is 4.79 Å². The summed E-state index contributed by atoms with van der Waals surface area (Å²) < 4.78 is 0. The molecule has 0 radical (unpaired) electrons. The first-order valence-electron chi connectivity index (χ1n) is 7.74. The Kier molecular flexibility index (Phi) is 3.27. The Bertz CT molecular complexity index is 712. The van der Waals surface area contributed by atoms with Gasteiger partial charge in [0, 0.05) is 18.6 Å². The second-order valence-corrected chi connectivity index (χ2v) is 7.38. The number of fused-ring (bicyclic) bond motifs is 1. The van der Waals surface area contributed by atoms with Gasteiger partial charge in [-0.05, 0) is 31.2 Å². The van der Waals surface area contributed by atoms with Gasteiger partial charge in [0.15, 0.2) is 0 Å². The molecular formula is C17H19N3OS. The Morgan fingerprint density at radius 1 is 1.36 bits per heavy atom. The maximum Gasteiger partial charge on any atom is 0.274 e. The lowest BCUT2D eigenvalue weighted by Crippen LogP contribution is -2.42. The summed E-state index contributed by atoms with van der Waals surface area (Å²) in [4.78, 5) is 20.6. The smallest absolute Gasteiger partial charge is 0.274 e. The summed E-state index contributed by atoms with van der Waals surface area (Å²) in [5.41, 5.74) is 7.52. The number of benzene rings is 1. The van der Waals surface area contributed by atoms with Crippen LogP contribution in [-0.2, 0) is 0 Å². The number of piperidine rings is 1. The molecule has 2 aromatic rings. The third kappa shape index (κ3) is 2.16. The fourth-order valence-electron chi connectivity index (χ4n) is 3.57. The van der Waals surface area contributed by atoms with E-state index in [9.17, 15) is 4.79 Å². The van der Waals surface area contributed by atoms with E-state index >= 15 is 0 Å². The maximum atomic E-state index is 13.1. The summed E-state index contributed by atoms with van der Waals surface area (Å²) in [6.07, 6.45) is 2.18. The average molecular weight is 313 g/mol. The number of aromatic nitrogens is 1. The Balaban J connectivity index is 1.72. The molecule has 2 aliphatic rings. The van der Waals surface area contributed by atoms with Crippen LogP contribution in [0, 0.1) is 12.8 Å². The van der Waals surface area contributed by atoms with Crippen LogP contribution in [0.5, 0.6) is 0 Å². The second-order valence-electron chi connectivity index (χ2n) is 6.18. The molecule has 5 heteroatoms. The standard InChI is InChI=1S/C17H19N3OS/c1-10-19-15(16(22-10)11-5-3-2-4-6-11)17(21)20-13(9-18)7-12-8-14(12)20/h2-6,12-14H,7-9,18H2,1H3/t12-,13+,14+/m1/s1. The Morgan fingerprint density at radius 3 is 2.86 bits per heavy atom. The zero-order valence-electron chi connectivity index (χ0n) is 12.5. The van der Waals surface area contributed by atoms with Crippen molar-refractivity contribution in [3.05, 3.63) is 41.0 Å². The summed E-state index contributed by atoms with van der Waals surface area (Å²) >= 11 is 1.59. The lowest BCUT2D eigenvalue weighted by molar-refractivity contribution is 0.0701. The van der Waals surface area contributed by atoms with Crippen molar-refractivity contribution in [3.63, 3.8) is 0 Å². The van der Waals surface area contributed by atoms with E-state index in [0.29, 0.717) is 24.2 Å². The molecule has 0 bridgehead atoms. The van der Waals surface area contributed by atoms with Gasteiger partial charge in [0.2, 0.25) is 0 Å². The van der Waals surface area contributed by atoms with Crippen LogP contribution in [-0.4, -0.2) is 34.4 Å². The van der Waals surface area contributed by atoms with Gasteiger partial charge in [-0.2, -0.15) is 0 Å². The molecule has 0 spiro atoms. The Labute approximate surface area is 134 Å². The number of aryl methyl sites for hydroxylation is 1. The molecule has 1 aliphatic carbocycles. The number of hydrogen-bond acceptors (Lipinski definition) is 4. The number of likely N-dealkylation sites (tertiary alicyclic amines) is 1. The summed E-state index contributed by atoms with van der Waals surface area (Å²) in [5.74, 6) is 0.723. The lowest BCUT2D eigenvalue weighted by atomic mass is 10.1. The molecule has 1 aliphatic heterocycles. The molecule has 114 valence electrons. The van der Waals surface area contributed by atoms with Crippen LogP contribution < -0.4 is 5.73 Å². The van der Waals surface area contributed by atoms with Crippen LogP contribution in [0.3, 0.4) is 0 Å². The highest BCUT2D eigenvalue weighted by Crippen LogP contribution is 2.48. The van der Waals surface area contributed by atoms with Crippen LogP contribution in [0.4, 0.5) is 0 Å². The van der Waals surface area contributed by atoms with E-state index < -0.39 is 0 Å². The predicted molar refractivity (Wildman–Crippen MR) is 87.8 cm³/mol. The molecule has 4 nitrogen and oxygen atoms in total. The molecule has 0 unspecified atom stereocenters. The van der Waals surface area contributed by atoms with Crippen molar-refractivity contribution in [1.29, 1.82) is 0 Å². The molecule has 22 heavy (non-hydrogen) atoms. The molecule has 2 N–H and O–H groups in total. The molecule has 4 rings (SSSR count).